The van der Waals surface area contributed by atoms with Crippen molar-refractivity contribution in [2.45, 2.75) is 32.5 Å². The second-order valence-electron chi connectivity index (χ2n) is 7.93. The van der Waals surface area contributed by atoms with Gasteiger partial charge in [0.15, 0.2) is 6.10 Å². The van der Waals surface area contributed by atoms with Crippen LogP contribution in [0, 0.1) is 0 Å². The van der Waals surface area contributed by atoms with Gasteiger partial charge in [0.2, 0.25) is 0 Å². The number of carbonyl (C=O) groups excluding carboxylic acids is 2. The molecule has 3 aromatic rings. The molecule has 0 bridgehead atoms. The number of anilines is 2. The molecule has 0 saturated carbocycles. The minimum Gasteiger partial charge on any atom is -0.497 e. The number of fused-ring (bicyclic) bond motifs is 1. The number of methoxy groups -OCH3 is 1. The molecule has 0 saturated heterocycles. The van der Waals surface area contributed by atoms with Gasteiger partial charge < -0.3 is 25.0 Å². The van der Waals surface area contributed by atoms with Gasteiger partial charge in [0, 0.05) is 41.1 Å². The van der Waals surface area contributed by atoms with Gasteiger partial charge >= 0.3 is 6.03 Å². The Morgan fingerprint density at radius 2 is 1.85 bits per heavy atom. The van der Waals surface area contributed by atoms with E-state index in [1.54, 1.807) is 48.4 Å². The molecule has 8 heteroatoms. The first kappa shape index (κ1) is 23.4. The Morgan fingerprint density at radius 1 is 1.09 bits per heavy atom. The molecule has 0 radical (unpaired) electrons. The van der Waals surface area contributed by atoms with Crippen molar-refractivity contribution in [2.24, 2.45) is 0 Å². The monoisotopic (exact) mass is 479 g/mol. The summed E-state index contributed by atoms with van der Waals surface area (Å²) in [4.78, 5) is 27.4. The third-order valence-corrected chi connectivity index (χ3v) is 5.92. The van der Waals surface area contributed by atoms with Crippen molar-refractivity contribution in [3.63, 3.8) is 0 Å². The minimum atomic E-state index is -0.584. The molecule has 7 nitrogen and oxygen atoms in total. The number of nitrogens with zero attached hydrogens (tertiary/aromatic N) is 1. The van der Waals surface area contributed by atoms with E-state index in [-0.39, 0.29) is 5.91 Å². The summed E-state index contributed by atoms with van der Waals surface area (Å²) in [7, 11) is 1.57. The average molecular weight is 480 g/mol. The van der Waals surface area contributed by atoms with E-state index in [0.29, 0.717) is 47.4 Å². The maximum atomic E-state index is 13.1. The Labute approximate surface area is 203 Å². The Bertz CT molecular complexity index is 1200. The molecule has 3 aromatic carbocycles. The number of halogens is 1. The Balaban J connectivity index is 1.53. The van der Waals surface area contributed by atoms with Crippen molar-refractivity contribution in [1.29, 1.82) is 0 Å². The zero-order valence-corrected chi connectivity index (χ0v) is 19.8. The van der Waals surface area contributed by atoms with Gasteiger partial charge in [-0.3, -0.25) is 4.79 Å². The van der Waals surface area contributed by atoms with E-state index >= 15 is 0 Å². The highest BCUT2D eigenvalue weighted by atomic mass is 35.5. The molecule has 1 unspecified atom stereocenters. The van der Waals surface area contributed by atoms with Crippen LogP contribution in [0.3, 0.4) is 0 Å². The van der Waals surface area contributed by atoms with Gasteiger partial charge in [-0.05, 0) is 48.4 Å². The number of amides is 3. The number of urea groups is 1. The maximum Gasteiger partial charge on any atom is 0.323 e. The fourth-order valence-corrected chi connectivity index (χ4v) is 4.00. The van der Waals surface area contributed by atoms with E-state index < -0.39 is 12.1 Å². The van der Waals surface area contributed by atoms with Crippen LogP contribution in [-0.2, 0) is 17.9 Å². The van der Waals surface area contributed by atoms with Crippen LogP contribution in [0.4, 0.5) is 16.2 Å². The topological polar surface area (TPSA) is 79.9 Å². The molecule has 1 aliphatic heterocycles. The predicted octanol–water partition coefficient (Wildman–Crippen LogP) is 5.69. The maximum absolute atomic E-state index is 13.1. The number of nitrogens with one attached hydrogen (secondary N) is 2. The molecule has 176 valence electrons. The summed E-state index contributed by atoms with van der Waals surface area (Å²) >= 11 is 6.34. The van der Waals surface area contributed by atoms with Crippen LogP contribution in [0.5, 0.6) is 11.5 Å². The Hall–Kier alpha value is -3.71. The molecule has 1 atom stereocenters. The van der Waals surface area contributed by atoms with E-state index in [4.69, 9.17) is 21.1 Å². The number of hydrogen-bond acceptors (Lipinski definition) is 4. The molecule has 2 N–H and O–H groups in total. The van der Waals surface area contributed by atoms with Gasteiger partial charge in [0.1, 0.15) is 11.5 Å². The Kier molecular flexibility index (Phi) is 7.23. The highest BCUT2D eigenvalue weighted by Crippen LogP contribution is 2.31. The molecule has 1 heterocycles. The van der Waals surface area contributed by atoms with Crippen molar-refractivity contribution in [2.75, 3.05) is 17.7 Å². The lowest BCUT2D eigenvalue weighted by molar-refractivity contribution is -0.139. The van der Waals surface area contributed by atoms with Crippen LogP contribution >= 0.6 is 11.6 Å². The van der Waals surface area contributed by atoms with Crippen molar-refractivity contribution < 1.29 is 19.1 Å². The van der Waals surface area contributed by atoms with E-state index in [1.165, 1.54) is 0 Å². The molecular weight excluding hydrogens is 454 g/mol. The number of rotatable bonds is 6. The highest BCUT2D eigenvalue weighted by molar-refractivity contribution is 6.31. The summed E-state index contributed by atoms with van der Waals surface area (Å²) in [6.07, 6.45) is -0.0424. The van der Waals surface area contributed by atoms with Crippen molar-refractivity contribution in [3.8, 4) is 11.5 Å². The summed E-state index contributed by atoms with van der Waals surface area (Å²) in [5, 5.41) is 6.24. The standard InChI is InChI=1S/C26H26ClN3O4/c1-3-23-25(31)30(15-17-7-4-5-10-22(17)27)16-18-13-20(11-12-24(18)34-23)29-26(32)28-19-8-6-9-21(14-19)33-2/h4-14,23H,3,15-16H2,1-2H3,(H2,28,29,32). The first-order valence-corrected chi connectivity index (χ1v) is 11.4. The second kappa shape index (κ2) is 10.5. The third kappa shape index (κ3) is 5.43. The van der Waals surface area contributed by atoms with Gasteiger partial charge in [-0.2, -0.15) is 0 Å². The zero-order chi connectivity index (χ0) is 24.1. The van der Waals surface area contributed by atoms with E-state index in [9.17, 15) is 9.59 Å². The summed E-state index contributed by atoms with van der Waals surface area (Å²) in [5.74, 6) is 1.18. The van der Waals surface area contributed by atoms with Crippen LogP contribution < -0.4 is 20.1 Å². The summed E-state index contributed by atoms with van der Waals surface area (Å²) < 4.78 is 11.2. The van der Waals surface area contributed by atoms with Gasteiger partial charge in [0.25, 0.3) is 5.91 Å². The SMILES string of the molecule is CCC1Oc2ccc(NC(=O)Nc3cccc(OC)c3)cc2CN(Cc2ccccc2Cl)C1=O. The first-order valence-electron chi connectivity index (χ1n) is 11.0. The number of ether oxygens (including phenoxy) is 2. The summed E-state index contributed by atoms with van der Waals surface area (Å²) in [6, 6.07) is 19.5. The van der Waals surface area contributed by atoms with E-state index in [2.05, 4.69) is 10.6 Å². The lowest BCUT2D eigenvalue weighted by atomic mass is 10.1. The van der Waals surface area contributed by atoms with Gasteiger partial charge in [-0.25, -0.2) is 4.79 Å². The lowest BCUT2D eigenvalue weighted by Crippen LogP contribution is -2.38. The van der Waals surface area contributed by atoms with Crippen molar-refractivity contribution in [3.05, 3.63) is 82.9 Å². The van der Waals surface area contributed by atoms with Crippen LogP contribution in [0.15, 0.2) is 66.7 Å². The van der Waals surface area contributed by atoms with Crippen molar-refractivity contribution in [1.82, 2.24) is 4.90 Å². The lowest BCUT2D eigenvalue weighted by Gasteiger charge is -2.23. The molecule has 34 heavy (non-hydrogen) atoms. The molecular formula is C26H26ClN3O4. The van der Waals surface area contributed by atoms with Crippen LogP contribution in [0.1, 0.15) is 24.5 Å². The van der Waals surface area contributed by atoms with E-state index in [0.717, 1.165) is 11.1 Å². The molecule has 0 fully saturated rings. The zero-order valence-electron chi connectivity index (χ0n) is 19.0. The molecule has 3 amide bonds. The van der Waals surface area contributed by atoms with E-state index in [1.807, 2.05) is 37.3 Å². The molecule has 4 rings (SSSR count). The average Bonchev–Trinajstić information content (AvgIpc) is 2.96. The smallest absolute Gasteiger partial charge is 0.323 e. The number of hydrogen-bond donors (Lipinski definition) is 2. The molecule has 0 spiro atoms. The summed E-state index contributed by atoms with van der Waals surface area (Å²) in [6.45, 7) is 2.62. The second-order valence-corrected chi connectivity index (χ2v) is 8.34. The van der Waals surface area contributed by atoms with Gasteiger partial charge in [-0.1, -0.05) is 42.8 Å². The third-order valence-electron chi connectivity index (χ3n) is 5.55. The predicted molar refractivity (Wildman–Crippen MR) is 132 cm³/mol. The summed E-state index contributed by atoms with van der Waals surface area (Å²) in [5.41, 5.74) is 2.86. The Morgan fingerprint density at radius 3 is 2.59 bits per heavy atom. The van der Waals surface area contributed by atoms with Crippen LogP contribution in [0.2, 0.25) is 5.02 Å². The number of carbonyl (C=O) groups is 2. The molecule has 1 aliphatic rings. The molecule has 0 aliphatic carbocycles. The highest BCUT2D eigenvalue weighted by Gasteiger charge is 2.30. The largest absolute Gasteiger partial charge is 0.497 e. The number of benzene rings is 3. The molecule has 0 aromatic heterocycles. The normalized spacial score (nSPS) is 15.1. The van der Waals surface area contributed by atoms with Crippen LogP contribution in [-0.4, -0.2) is 30.1 Å². The first-order chi connectivity index (χ1) is 16.5. The quantitative estimate of drug-likeness (QED) is 0.475. The van der Waals surface area contributed by atoms with Crippen molar-refractivity contribution >= 4 is 34.9 Å². The van der Waals surface area contributed by atoms with Crippen LogP contribution in [0.25, 0.3) is 0 Å². The fraction of sp³-hybridized carbons (Fsp3) is 0.231. The minimum absolute atomic E-state index is 0.0936. The van der Waals surface area contributed by atoms with Gasteiger partial charge in [0.05, 0.1) is 7.11 Å². The van der Waals surface area contributed by atoms with Gasteiger partial charge in [-0.15, -0.1) is 0 Å². The fourth-order valence-electron chi connectivity index (χ4n) is 3.80.